The quantitative estimate of drug-likeness (QED) is 0.468. The van der Waals surface area contributed by atoms with Gasteiger partial charge in [0.2, 0.25) is 0 Å². The third-order valence-electron chi connectivity index (χ3n) is 5.26. The number of amides is 2. The molecule has 1 atom stereocenters. The van der Waals surface area contributed by atoms with Gasteiger partial charge in [-0.1, -0.05) is 12.1 Å². The van der Waals surface area contributed by atoms with Gasteiger partial charge in [-0.15, -0.1) is 0 Å². The van der Waals surface area contributed by atoms with Gasteiger partial charge in [0.15, 0.2) is 5.11 Å². The largest absolute Gasteiger partial charge is 0.344 e. The molecule has 4 rings (SSSR count). The van der Waals surface area contributed by atoms with Gasteiger partial charge in [0.05, 0.1) is 5.69 Å². The molecule has 2 heterocycles. The Hall–Kier alpha value is -3.06. The lowest BCUT2D eigenvalue weighted by atomic mass is 9.96. The fourth-order valence-electron chi connectivity index (χ4n) is 3.73. The molecule has 0 radical (unpaired) electrons. The Kier molecular flexibility index (Phi) is 4.92. The highest BCUT2D eigenvalue weighted by Crippen LogP contribution is 2.32. The van der Waals surface area contributed by atoms with Gasteiger partial charge in [-0.05, 0) is 80.4 Å². The van der Waals surface area contributed by atoms with Crippen molar-refractivity contribution in [1.82, 2.24) is 5.32 Å². The third kappa shape index (κ3) is 3.53. The number of halogens is 1. The first-order chi connectivity index (χ1) is 13.8. The van der Waals surface area contributed by atoms with Crippen molar-refractivity contribution in [3.05, 3.63) is 71.2 Å². The number of hydrogen-bond donors (Lipinski definition) is 1. The van der Waals surface area contributed by atoms with Crippen molar-refractivity contribution >= 4 is 40.5 Å². The summed E-state index contributed by atoms with van der Waals surface area (Å²) in [6.07, 6.45) is 3.09. The SMILES string of the molecule is Cc1cccc(N2C(=O)/C(=C\N3c4ccc(F)cc4CC[C@H]3C)C(=O)NC2=S)c1. The molecule has 148 valence electrons. The average molecular weight is 409 g/mol. The summed E-state index contributed by atoms with van der Waals surface area (Å²) in [6, 6.07) is 12.0. The summed E-state index contributed by atoms with van der Waals surface area (Å²) in [5.41, 5.74) is 3.22. The molecule has 7 heteroatoms. The van der Waals surface area contributed by atoms with E-state index >= 15 is 0 Å². The molecule has 0 saturated carbocycles. The number of rotatable bonds is 2. The number of nitrogens with zero attached hydrogens (tertiary/aromatic N) is 2. The number of carbonyl (C=O) groups excluding carboxylic acids is 2. The molecule has 29 heavy (non-hydrogen) atoms. The highest BCUT2D eigenvalue weighted by Gasteiger charge is 2.36. The van der Waals surface area contributed by atoms with Gasteiger partial charge in [0.1, 0.15) is 11.4 Å². The summed E-state index contributed by atoms with van der Waals surface area (Å²) in [7, 11) is 0. The normalized spacial score (nSPS) is 20.7. The Balaban J connectivity index is 1.76. The van der Waals surface area contributed by atoms with Crippen LogP contribution < -0.4 is 15.1 Å². The fraction of sp³-hybridized carbons (Fsp3) is 0.227. The number of fused-ring (bicyclic) bond motifs is 1. The van der Waals surface area contributed by atoms with E-state index in [1.54, 1.807) is 18.3 Å². The summed E-state index contributed by atoms with van der Waals surface area (Å²) in [5.74, 6) is -1.32. The van der Waals surface area contributed by atoms with E-state index in [-0.39, 0.29) is 22.5 Å². The average Bonchev–Trinajstić information content (AvgIpc) is 2.66. The van der Waals surface area contributed by atoms with Crippen LogP contribution in [0.5, 0.6) is 0 Å². The van der Waals surface area contributed by atoms with Crippen molar-refractivity contribution < 1.29 is 14.0 Å². The molecule has 5 nitrogen and oxygen atoms in total. The van der Waals surface area contributed by atoms with Gasteiger partial charge < -0.3 is 4.90 Å². The molecule has 0 aliphatic carbocycles. The van der Waals surface area contributed by atoms with Crippen LogP contribution in [0.2, 0.25) is 0 Å². The van der Waals surface area contributed by atoms with Crippen LogP contribution >= 0.6 is 12.2 Å². The van der Waals surface area contributed by atoms with Crippen molar-refractivity contribution in [2.75, 3.05) is 9.80 Å². The van der Waals surface area contributed by atoms with Gasteiger partial charge in [0.25, 0.3) is 11.8 Å². The molecule has 0 spiro atoms. The lowest BCUT2D eigenvalue weighted by Crippen LogP contribution is -2.55. The Labute approximate surface area is 173 Å². The van der Waals surface area contributed by atoms with Crippen molar-refractivity contribution in [2.24, 2.45) is 0 Å². The fourth-order valence-corrected chi connectivity index (χ4v) is 4.01. The van der Waals surface area contributed by atoms with Crippen molar-refractivity contribution in [3.63, 3.8) is 0 Å². The van der Waals surface area contributed by atoms with Crippen LogP contribution in [0.1, 0.15) is 24.5 Å². The molecular weight excluding hydrogens is 389 g/mol. The number of nitrogens with one attached hydrogen (secondary N) is 1. The van der Waals surface area contributed by atoms with E-state index < -0.39 is 11.8 Å². The third-order valence-corrected chi connectivity index (χ3v) is 5.54. The standard InChI is InChI=1S/C22H20FN3O2S/c1-13-4-3-5-17(10-13)26-21(28)18(20(27)24-22(26)29)12-25-14(2)6-7-15-11-16(23)8-9-19(15)25/h3-5,8-12,14H,6-7H2,1-2H3,(H,24,27,29)/b18-12-/t14-/m1/s1. The molecule has 2 aromatic carbocycles. The number of aryl methyl sites for hydroxylation is 2. The van der Waals surface area contributed by atoms with Crippen LogP contribution in [0.25, 0.3) is 0 Å². The molecule has 2 aliphatic rings. The molecule has 0 unspecified atom stereocenters. The second kappa shape index (κ2) is 7.40. The van der Waals surface area contributed by atoms with Crippen LogP contribution in [0.3, 0.4) is 0 Å². The van der Waals surface area contributed by atoms with E-state index in [4.69, 9.17) is 12.2 Å². The zero-order valence-corrected chi connectivity index (χ0v) is 16.9. The first-order valence-corrected chi connectivity index (χ1v) is 9.81. The molecule has 2 aromatic rings. The van der Waals surface area contributed by atoms with Crippen molar-refractivity contribution in [1.29, 1.82) is 0 Å². The number of thiocarbonyl (C=S) groups is 1. The lowest BCUT2D eigenvalue weighted by Gasteiger charge is -2.36. The summed E-state index contributed by atoms with van der Waals surface area (Å²) in [6.45, 7) is 3.93. The van der Waals surface area contributed by atoms with Gasteiger partial charge >= 0.3 is 0 Å². The zero-order valence-electron chi connectivity index (χ0n) is 16.1. The van der Waals surface area contributed by atoms with E-state index in [1.807, 2.05) is 36.9 Å². The topological polar surface area (TPSA) is 52.7 Å². The second-order valence-corrected chi connectivity index (χ2v) is 7.74. The number of benzene rings is 2. The molecule has 1 fully saturated rings. The smallest absolute Gasteiger partial charge is 0.271 e. The number of hydrogen-bond acceptors (Lipinski definition) is 4. The van der Waals surface area contributed by atoms with Crippen LogP contribution in [-0.4, -0.2) is 23.0 Å². The van der Waals surface area contributed by atoms with Gasteiger partial charge in [-0.25, -0.2) is 4.39 Å². The molecule has 2 aliphatic heterocycles. The Bertz CT molecular complexity index is 1070. The monoisotopic (exact) mass is 409 g/mol. The molecule has 0 aromatic heterocycles. The Morgan fingerprint density at radius 1 is 1.21 bits per heavy atom. The maximum Gasteiger partial charge on any atom is 0.271 e. The summed E-state index contributed by atoms with van der Waals surface area (Å²) in [5, 5.41) is 2.66. The minimum atomic E-state index is -0.537. The first-order valence-electron chi connectivity index (χ1n) is 9.40. The zero-order chi connectivity index (χ0) is 20.7. The summed E-state index contributed by atoms with van der Waals surface area (Å²) < 4.78 is 13.6. The Morgan fingerprint density at radius 2 is 2.00 bits per heavy atom. The van der Waals surface area contributed by atoms with Crippen molar-refractivity contribution in [2.45, 2.75) is 32.7 Å². The van der Waals surface area contributed by atoms with E-state index in [9.17, 15) is 14.0 Å². The van der Waals surface area contributed by atoms with E-state index in [1.165, 1.54) is 17.0 Å². The maximum absolute atomic E-state index is 13.6. The van der Waals surface area contributed by atoms with E-state index in [0.717, 1.165) is 29.7 Å². The van der Waals surface area contributed by atoms with Crippen LogP contribution in [0.4, 0.5) is 15.8 Å². The molecular formula is C22H20FN3O2S. The maximum atomic E-state index is 13.6. The lowest BCUT2D eigenvalue weighted by molar-refractivity contribution is -0.122. The number of anilines is 2. The van der Waals surface area contributed by atoms with E-state index in [2.05, 4.69) is 5.32 Å². The van der Waals surface area contributed by atoms with Crippen LogP contribution in [0.15, 0.2) is 54.2 Å². The van der Waals surface area contributed by atoms with E-state index in [0.29, 0.717) is 5.69 Å². The molecule has 2 amide bonds. The highest BCUT2D eigenvalue weighted by molar-refractivity contribution is 7.80. The van der Waals surface area contributed by atoms with Crippen molar-refractivity contribution in [3.8, 4) is 0 Å². The Morgan fingerprint density at radius 3 is 2.76 bits per heavy atom. The van der Waals surface area contributed by atoms with Gasteiger partial charge in [-0.2, -0.15) is 0 Å². The summed E-state index contributed by atoms with van der Waals surface area (Å²) in [4.78, 5) is 29.0. The summed E-state index contributed by atoms with van der Waals surface area (Å²) >= 11 is 5.26. The second-order valence-electron chi connectivity index (χ2n) is 7.35. The van der Waals surface area contributed by atoms with Gasteiger partial charge in [0, 0.05) is 17.9 Å². The van der Waals surface area contributed by atoms with Gasteiger partial charge in [-0.3, -0.25) is 19.8 Å². The molecule has 1 saturated heterocycles. The molecule has 0 bridgehead atoms. The van der Waals surface area contributed by atoms with Crippen LogP contribution in [0, 0.1) is 12.7 Å². The molecule has 1 N–H and O–H groups in total. The predicted molar refractivity (Wildman–Crippen MR) is 114 cm³/mol. The predicted octanol–water partition coefficient (Wildman–Crippen LogP) is 3.61. The highest BCUT2D eigenvalue weighted by atomic mass is 32.1. The first kappa shape index (κ1) is 19.3. The minimum absolute atomic E-state index is 0.0101. The number of carbonyl (C=O) groups is 2. The minimum Gasteiger partial charge on any atom is -0.344 e. The van der Waals surface area contributed by atoms with Crippen LogP contribution in [-0.2, 0) is 16.0 Å².